The Bertz CT molecular complexity index is 940. The number of pyridine rings is 1. The maximum Gasteiger partial charge on any atom is 0.120 e. The topological polar surface area (TPSA) is 39.7 Å². The molecule has 0 bridgehead atoms. The lowest BCUT2D eigenvalue weighted by Crippen LogP contribution is -2.46. The molecule has 3 aliphatic rings. The summed E-state index contributed by atoms with van der Waals surface area (Å²) in [7, 11) is 2.20. The Morgan fingerprint density at radius 2 is 1.80 bits per heavy atom. The second kappa shape index (κ2) is 13.0. The number of fused-ring (bicyclic) bond motifs is 2. The van der Waals surface area contributed by atoms with Crippen LogP contribution in [-0.4, -0.2) is 77.9 Å². The van der Waals surface area contributed by atoms with Crippen molar-refractivity contribution in [1.82, 2.24) is 19.1 Å². The summed E-state index contributed by atoms with van der Waals surface area (Å²) in [6.45, 7) is 6.65. The quantitative estimate of drug-likeness (QED) is 0.352. The van der Waals surface area contributed by atoms with E-state index in [0.29, 0.717) is 5.92 Å². The highest BCUT2D eigenvalue weighted by atomic mass is 79.9. The predicted molar refractivity (Wildman–Crippen MR) is 150 cm³/mol. The number of aldehydes is 1. The summed E-state index contributed by atoms with van der Waals surface area (Å²) in [5.41, 5.74) is 5.29. The highest BCUT2D eigenvalue weighted by molar-refractivity contribution is 9.10. The second-order valence-corrected chi connectivity index (χ2v) is 12.0. The normalized spacial score (nSPS) is 21.9. The molecule has 1 aromatic carbocycles. The van der Waals surface area contributed by atoms with Crippen molar-refractivity contribution in [2.75, 3.05) is 52.6 Å². The van der Waals surface area contributed by atoms with E-state index >= 15 is 0 Å². The highest BCUT2D eigenvalue weighted by Crippen LogP contribution is 2.37. The van der Waals surface area contributed by atoms with Gasteiger partial charge in [0.2, 0.25) is 0 Å². The molecular weight excluding hydrogens is 544 g/mol. The lowest BCUT2D eigenvalue weighted by Gasteiger charge is -2.38. The van der Waals surface area contributed by atoms with Gasteiger partial charge in [0.15, 0.2) is 0 Å². The summed E-state index contributed by atoms with van der Waals surface area (Å²) in [6.07, 6.45) is 10.3. The van der Waals surface area contributed by atoms with Crippen LogP contribution in [0.25, 0.3) is 0 Å². The van der Waals surface area contributed by atoms with Crippen LogP contribution in [0.4, 0.5) is 0 Å². The van der Waals surface area contributed by atoms with E-state index in [1.54, 1.807) is 0 Å². The molecule has 2 aromatic rings. The van der Waals surface area contributed by atoms with Gasteiger partial charge in [0, 0.05) is 61.4 Å². The van der Waals surface area contributed by atoms with Gasteiger partial charge in [0.05, 0.1) is 11.7 Å². The average Bonchev–Trinajstić information content (AvgIpc) is 3.02. The van der Waals surface area contributed by atoms with E-state index in [9.17, 15) is 4.79 Å². The molecular formula is C27H36BrClN4OS. The van der Waals surface area contributed by atoms with Crippen molar-refractivity contribution >= 4 is 45.8 Å². The van der Waals surface area contributed by atoms with Gasteiger partial charge in [-0.15, -0.1) is 0 Å². The van der Waals surface area contributed by atoms with E-state index in [-0.39, 0.29) is 6.04 Å². The van der Waals surface area contributed by atoms with E-state index in [1.807, 2.05) is 24.2 Å². The number of carbonyl (C=O) groups is 1. The summed E-state index contributed by atoms with van der Waals surface area (Å²) in [6, 6.07) is 8.84. The average molecular weight is 580 g/mol. The molecule has 5 rings (SSSR count). The molecule has 190 valence electrons. The first kappa shape index (κ1) is 27.1. The van der Waals surface area contributed by atoms with Crippen molar-refractivity contribution in [1.29, 1.82) is 0 Å². The first-order valence-corrected chi connectivity index (χ1v) is 14.9. The first-order valence-electron chi connectivity index (χ1n) is 12.6. The van der Waals surface area contributed by atoms with Crippen molar-refractivity contribution < 1.29 is 4.79 Å². The number of hydrogen-bond acceptors (Lipinski definition) is 6. The van der Waals surface area contributed by atoms with Gasteiger partial charge in [-0.25, -0.2) is 0 Å². The zero-order valence-corrected chi connectivity index (χ0v) is 23.9. The molecule has 0 amide bonds. The summed E-state index contributed by atoms with van der Waals surface area (Å²) in [4.78, 5) is 20.0. The third-order valence-corrected chi connectivity index (χ3v) is 9.00. The van der Waals surface area contributed by atoms with Gasteiger partial charge in [-0.3, -0.25) is 14.2 Å². The van der Waals surface area contributed by atoms with Crippen LogP contribution in [0.15, 0.2) is 34.9 Å². The number of halogens is 2. The Hall–Kier alpha value is -0.960. The molecule has 1 atom stereocenters. The summed E-state index contributed by atoms with van der Waals surface area (Å²) in [5.74, 6) is 0.663. The third kappa shape index (κ3) is 7.08. The van der Waals surface area contributed by atoms with Crippen LogP contribution in [0.5, 0.6) is 0 Å². The molecule has 1 aromatic heterocycles. The molecule has 2 aliphatic heterocycles. The molecule has 35 heavy (non-hydrogen) atoms. The molecule has 0 N–H and O–H groups in total. The molecule has 1 aliphatic carbocycles. The number of piperazine rings is 1. The van der Waals surface area contributed by atoms with Crippen molar-refractivity contribution in [3.63, 3.8) is 0 Å². The number of likely N-dealkylation sites (N-methyl/N-ethyl adjacent to an activating group) is 1. The van der Waals surface area contributed by atoms with Gasteiger partial charge in [0.25, 0.3) is 0 Å². The van der Waals surface area contributed by atoms with Crippen LogP contribution in [0.3, 0.4) is 0 Å². The number of aryl methyl sites for hydroxylation is 2. The molecule has 2 fully saturated rings. The minimum atomic E-state index is 0.233. The first-order chi connectivity index (χ1) is 17.0. The number of carbonyl (C=O) groups excluding carboxylic acids is 1. The van der Waals surface area contributed by atoms with E-state index < -0.39 is 0 Å². The maximum atomic E-state index is 10.2. The molecule has 3 heterocycles. The van der Waals surface area contributed by atoms with Gasteiger partial charge < -0.3 is 9.69 Å². The van der Waals surface area contributed by atoms with Crippen molar-refractivity contribution in [3.8, 4) is 0 Å². The zero-order chi connectivity index (χ0) is 24.8. The zero-order valence-electron chi connectivity index (χ0n) is 20.8. The predicted octanol–water partition coefficient (Wildman–Crippen LogP) is 5.50. The van der Waals surface area contributed by atoms with Gasteiger partial charge in [0.1, 0.15) is 6.29 Å². The minimum Gasteiger partial charge on any atom is -0.304 e. The van der Waals surface area contributed by atoms with Crippen LogP contribution in [-0.2, 0) is 17.6 Å². The maximum absolute atomic E-state index is 10.2. The SMILES string of the molecule is CN1CCN(C2c3ccc(Cl)cc3CCc3cc(Br)cnc32)CC1.CSN1CCC(CC=O)CC1. The van der Waals surface area contributed by atoms with E-state index in [1.165, 1.54) is 35.2 Å². The van der Waals surface area contributed by atoms with Crippen LogP contribution in [0, 0.1) is 5.92 Å². The number of nitrogens with zero attached hydrogens (tertiary/aromatic N) is 4. The van der Waals surface area contributed by atoms with Crippen LogP contribution >= 0.6 is 39.5 Å². The number of hydrogen-bond donors (Lipinski definition) is 0. The second-order valence-electron chi connectivity index (χ2n) is 9.74. The van der Waals surface area contributed by atoms with E-state index in [2.05, 4.69) is 61.5 Å². The fourth-order valence-corrected chi connectivity index (χ4v) is 6.48. The smallest absolute Gasteiger partial charge is 0.120 e. The fraction of sp³-hybridized carbons (Fsp3) is 0.556. The fourth-order valence-electron chi connectivity index (χ4n) is 5.33. The number of aromatic nitrogens is 1. The molecule has 1 unspecified atom stereocenters. The number of piperidine rings is 1. The molecule has 0 saturated carbocycles. The Morgan fingerprint density at radius 3 is 2.49 bits per heavy atom. The van der Waals surface area contributed by atoms with E-state index in [0.717, 1.165) is 74.3 Å². The van der Waals surface area contributed by atoms with Crippen molar-refractivity contribution in [3.05, 3.63) is 62.3 Å². The largest absolute Gasteiger partial charge is 0.304 e. The molecule has 2 saturated heterocycles. The Labute approximate surface area is 227 Å². The lowest BCUT2D eigenvalue weighted by molar-refractivity contribution is -0.108. The Kier molecular flexibility index (Phi) is 10.1. The lowest BCUT2D eigenvalue weighted by atomic mass is 9.95. The summed E-state index contributed by atoms with van der Waals surface area (Å²) in [5, 5.41) is 0.825. The summed E-state index contributed by atoms with van der Waals surface area (Å²) >= 11 is 11.7. The molecule has 5 nitrogen and oxygen atoms in total. The van der Waals surface area contributed by atoms with Gasteiger partial charge in [-0.2, -0.15) is 0 Å². The number of rotatable bonds is 4. The van der Waals surface area contributed by atoms with Gasteiger partial charge >= 0.3 is 0 Å². The minimum absolute atomic E-state index is 0.233. The Morgan fingerprint density at radius 1 is 1.09 bits per heavy atom. The van der Waals surface area contributed by atoms with Crippen molar-refractivity contribution in [2.45, 2.75) is 38.1 Å². The Balaban J connectivity index is 0.000000221. The van der Waals surface area contributed by atoms with Crippen molar-refractivity contribution in [2.24, 2.45) is 5.92 Å². The number of benzene rings is 1. The van der Waals surface area contributed by atoms with Gasteiger partial charge in [-0.1, -0.05) is 29.6 Å². The van der Waals surface area contributed by atoms with E-state index in [4.69, 9.17) is 16.6 Å². The third-order valence-electron chi connectivity index (χ3n) is 7.45. The van der Waals surface area contributed by atoms with Crippen LogP contribution in [0.2, 0.25) is 5.02 Å². The van der Waals surface area contributed by atoms with Gasteiger partial charge in [-0.05, 0) is 95.7 Å². The summed E-state index contributed by atoms with van der Waals surface area (Å²) < 4.78 is 3.42. The molecule has 8 heteroatoms. The standard InChI is InChI=1S/C19H21BrClN3.C8H15NOS/c1-23-6-8-24(9-7-23)19-17-5-4-16(21)11-13(17)2-3-14-10-15(20)12-22-18(14)19;1-11-9-5-2-8(3-6-9)4-7-10/h4-5,10-12,19H,2-3,6-9H2,1H3;7-8H,2-6H2,1H3. The molecule has 0 spiro atoms. The van der Waals surface area contributed by atoms with Crippen LogP contribution in [0.1, 0.15) is 47.7 Å². The van der Waals surface area contributed by atoms with Crippen LogP contribution < -0.4 is 0 Å². The molecule has 0 radical (unpaired) electrons. The highest BCUT2D eigenvalue weighted by Gasteiger charge is 2.31. The monoisotopic (exact) mass is 578 g/mol.